The van der Waals surface area contributed by atoms with Crippen LogP contribution in [-0.2, 0) is 9.59 Å². The number of hydrogen-bond donors (Lipinski definition) is 3. The molecule has 4 N–H and O–H groups in total. The lowest BCUT2D eigenvalue weighted by atomic mass is 10.2. The van der Waals surface area contributed by atoms with E-state index in [-0.39, 0.29) is 36.6 Å². The van der Waals surface area contributed by atoms with Crippen molar-refractivity contribution in [2.45, 2.75) is 6.42 Å². The Bertz CT molecular complexity index is 438. The van der Waals surface area contributed by atoms with Crippen LogP contribution in [0, 0.1) is 0 Å². The van der Waals surface area contributed by atoms with Crippen molar-refractivity contribution in [2.75, 3.05) is 37.8 Å². The van der Waals surface area contributed by atoms with Crippen molar-refractivity contribution in [3.63, 3.8) is 0 Å². The second-order valence-corrected chi connectivity index (χ2v) is 4.45. The van der Waals surface area contributed by atoms with Crippen LogP contribution < -0.4 is 16.4 Å². The van der Waals surface area contributed by atoms with E-state index in [4.69, 9.17) is 5.73 Å². The van der Waals surface area contributed by atoms with Crippen LogP contribution in [-0.4, -0.2) is 43.9 Å². The quantitative estimate of drug-likeness (QED) is 0.731. The second-order valence-electron chi connectivity index (χ2n) is 4.45. The first-order valence-electron chi connectivity index (χ1n) is 6.06. The minimum absolute atomic E-state index is 0. The number of carbonyl (C=O) groups excluding carboxylic acids is 2. The van der Waals surface area contributed by atoms with Crippen molar-refractivity contribution in [1.82, 2.24) is 4.90 Å². The van der Waals surface area contributed by atoms with E-state index < -0.39 is 0 Å². The number of benzene rings is 1. The molecule has 0 heterocycles. The Kier molecular flexibility index (Phi) is 11.8. The highest BCUT2D eigenvalue weighted by atomic mass is 35.5. The van der Waals surface area contributed by atoms with E-state index in [2.05, 4.69) is 10.6 Å². The van der Waals surface area contributed by atoms with Gasteiger partial charge < -0.3 is 21.3 Å². The van der Waals surface area contributed by atoms with Crippen molar-refractivity contribution in [1.29, 1.82) is 0 Å². The van der Waals surface area contributed by atoms with E-state index in [9.17, 15) is 9.59 Å². The molecule has 0 fully saturated rings. The van der Waals surface area contributed by atoms with Crippen LogP contribution in [0.15, 0.2) is 24.3 Å². The molecule has 120 valence electrons. The third-order valence-corrected chi connectivity index (χ3v) is 2.28. The smallest absolute Gasteiger partial charge is 0.238 e. The van der Waals surface area contributed by atoms with Crippen LogP contribution in [0.25, 0.3) is 0 Å². The maximum Gasteiger partial charge on any atom is 0.238 e. The number of anilines is 2. The van der Waals surface area contributed by atoms with E-state index in [0.717, 1.165) is 0 Å². The molecule has 8 heteroatoms. The Morgan fingerprint density at radius 2 is 1.43 bits per heavy atom. The van der Waals surface area contributed by atoms with Gasteiger partial charge in [0.25, 0.3) is 0 Å². The molecule has 0 bridgehead atoms. The van der Waals surface area contributed by atoms with Crippen molar-refractivity contribution in [3.8, 4) is 0 Å². The third kappa shape index (κ3) is 9.25. The Morgan fingerprint density at radius 1 is 1.00 bits per heavy atom. The van der Waals surface area contributed by atoms with Crippen molar-refractivity contribution < 1.29 is 9.59 Å². The zero-order valence-corrected chi connectivity index (χ0v) is 13.7. The summed E-state index contributed by atoms with van der Waals surface area (Å²) in [7, 11) is 3.66. The molecule has 1 rings (SSSR count). The summed E-state index contributed by atoms with van der Waals surface area (Å²) < 4.78 is 0. The molecular weight excluding hydrogens is 315 g/mol. The van der Waals surface area contributed by atoms with Gasteiger partial charge in [-0.1, -0.05) is 0 Å². The maximum absolute atomic E-state index is 11.5. The molecule has 2 amide bonds. The Labute approximate surface area is 137 Å². The Morgan fingerprint density at radius 3 is 1.81 bits per heavy atom. The highest BCUT2D eigenvalue weighted by molar-refractivity contribution is 5.93. The van der Waals surface area contributed by atoms with Crippen LogP contribution in [0.3, 0.4) is 0 Å². The molecular formula is C13H22Cl2N4O2. The molecule has 1 aromatic rings. The predicted octanol–water partition coefficient (Wildman–Crippen LogP) is 1.32. The summed E-state index contributed by atoms with van der Waals surface area (Å²) in [5, 5.41) is 5.48. The van der Waals surface area contributed by atoms with Crippen LogP contribution in [0.1, 0.15) is 6.42 Å². The first-order valence-corrected chi connectivity index (χ1v) is 6.06. The summed E-state index contributed by atoms with van der Waals surface area (Å²) >= 11 is 0. The molecule has 0 atom stereocenters. The van der Waals surface area contributed by atoms with Gasteiger partial charge in [-0.15, -0.1) is 24.8 Å². The van der Waals surface area contributed by atoms with Crippen molar-refractivity contribution >= 4 is 48.0 Å². The third-order valence-electron chi connectivity index (χ3n) is 2.28. The van der Waals surface area contributed by atoms with Gasteiger partial charge in [-0.3, -0.25) is 9.59 Å². The zero-order valence-electron chi connectivity index (χ0n) is 12.1. The van der Waals surface area contributed by atoms with Gasteiger partial charge in [0.15, 0.2) is 0 Å². The molecule has 0 spiro atoms. The lowest BCUT2D eigenvalue weighted by Crippen LogP contribution is -2.27. The number of nitrogens with zero attached hydrogens (tertiary/aromatic N) is 1. The summed E-state index contributed by atoms with van der Waals surface area (Å²) in [5.74, 6) is -0.197. The molecule has 0 aliphatic rings. The minimum atomic E-state index is -0.119. The summed E-state index contributed by atoms with van der Waals surface area (Å²) in [6, 6.07) is 6.95. The van der Waals surface area contributed by atoms with Gasteiger partial charge in [-0.25, -0.2) is 0 Å². The van der Waals surface area contributed by atoms with E-state index in [1.165, 1.54) is 0 Å². The molecule has 0 aliphatic carbocycles. The fourth-order valence-electron chi connectivity index (χ4n) is 1.48. The van der Waals surface area contributed by atoms with E-state index in [0.29, 0.717) is 30.9 Å². The maximum atomic E-state index is 11.5. The first-order chi connectivity index (χ1) is 9.01. The fourth-order valence-corrected chi connectivity index (χ4v) is 1.48. The van der Waals surface area contributed by atoms with Gasteiger partial charge in [0.2, 0.25) is 11.8 Å². The number of carbonyl (C=O) groups is 2. The number of nitrogens with two attached hydrogens (primary N) is 1. The van der Waals surface area contributed by atoms with Crippen LogP contribution >= 0.6 is 24.8 Å². The molecule has 1 aromatic carbocycles. The SMILES string of the molecule is CN(C)CC(=O)Nc1ccc(NC(=O)CCN)cc1.Cl.Cl. The van der Waals surface area contributed by atoms with E-state index >= 15 is 0 Å². The molecule has 0 unspecified atom stereocenters. The van der Waals surface area contributed by atoms with Gasteiger partial charge in [-0.2, -0.15) is 0 Å². The van der Waals surface area contributed by atoms with Crippen LogP contribution in [0.5, 0.6) is 0 Å². The normalized spacial score (nSPS) is 9.33. The molecule has 0 aromatic heterocycles. The molecule has 6 nitrogen and oxygen atoms in total. The Balaban J connectivity index is 0. The molecule has 0 radical (unpaired) electrons. The number of likely N-dealkylation sites (N-methyl/N-ethyl adjacent to an activating group) is 1. The topological polar surface area (TPSA) is 87.5 Å². The fraction of sp³-hybridized carbons (Fsp3) is 0.385. The highest BCUT2D eigenvalue weighted by Gasteiger charge is 2.04. The first kappa shape index (κ1) is 21.9. The lowest BCUT2D eigenvalue weighted by molar-refractivity contribution is -0.117. The van der Waals surface area contributed by atoms with E-state index in [1.807, 2.05) is 14.1 Å². The van der Waals surface area contributed by atoms with Gasteiger partial charge >= 0.3 is 0 Å². The number of nitrogens with one attached hydrogen (secondary N) is 2. The number of rotatable bonds is 6. The number of halogens is 2. The lowest BCUT2D eigenvalue weighted by Gasteiger charge is -2.10. The summed E-state index contributed by atoms with van der Waals surface area (Å²) in [5.41, 5.74) is 6.67. The average molecular weight is 337 g/mol. The standard InChI is InChI=1S/C13H20N4O2.2ClH/c1-17(2)9-13(19)16-11-5-3-10(4-6-11)15-12(18)7-8-14;;/h3-6H,7-9,14H2,1-2H3,(H,15,18)(H,16,19);2*1H. The second kappa shape index (κ2) is 11.3. The van der Waals surface area contributed by atoms with Gasteiger partial charge in [-0.05, 0) is 38.4 Å². The molecule has 21 heavy (non-hydrogen) atoms. The highest BCUT2D eigenvalue weighted by Crippen LogP contribution is 2.13. The van der Waals surface area contributed by atoms with Gasteiger partial charge in [0.05, 0.1) is 6.54 Å². The Hall–Kier alpha value is -1.34. The largest absolute Gasteiger partial charge is 0.330 e. The molecule has 0 saturated heterocycles. The summed E-state index contributed by atoms with van der Waals surface area (Å²) in [6.45, 7) is 0.652. The van der Waals surface area contributed by atoms with Gasteiger partial charge in [0.1, 0.15) is 0 Å². The van der Waals surface area contributed by atoms with E-state index in [1.54, 1.807) is 29.2 Å². The molecule has 0 aliphatic heterocycles. The van der Waals surface area contributed by atoms with Gasteiger partial charge in [0, 0.05) is 24.3 Å². The van der Waals surface area contributed by atoms with Crippen molar-refractivity contribution in [3.05, 3.63) is 24.3 Å². The van der Waals surface area contributed by atoms with Crippen molar-refractivity contribution in [2.24, 2.45) is 5.73 Å². The number of hydrogen-bond acceptors (Lipinski definition) is 4. The number of amides is 2. The summed E-state index contributed by atoms with van der Waals surface area (Å²) in [6.07, 6.45) is 0.293. The predicted molar refractivity (Wildman–Crippen MR) is 90.4 cm³/mol. The van der Waals surface area contributed by atoms with Crippen LogP contribution in [0.4, 0.5) is 11.4 Å². The minimum Gasteiger partial charge on any atom is -0.330 e. The monoisotopic (exact) mass is 336 g/mol. The van der Waals surface area contributed by atoms with Crippen LogP contribution in [0.2, 0.25) is 0 Å². The summed E-state index contributed by atoms with van der Waals surface area (Å²) in [4.78, 5) is 24.7. The average Bonchev–Trinajstić information content (AvgIpc) is 2.31. The molecule has 0 saturated carbocycles. The zero-order chi connectivity index (χ0) is 14.3.